The van der Waals surface area contributed by atoms with Crippen molar-refractivity contribution >= 4 is 17.2 Å². The number of aromatic nitrogens is 1. The van der Waals surface area contributed by atoms with Gasteiger partial charge in [0.1, 0.15) is 11.4 Å². The molecule has 0 bridgehead atoms. The Bertz CT molecular complexity index is 554. The summed E-state index contributed by atoms with van der Waals surface area (Å²) in [4.78, 5) is 17.0. The number of rotatable bonds is 2. The average Bonchev–Trinajstić information content (AvgIpc) is 2.93. The molecule has 92 valence electrons. The van der Waals surface area contributed by atoms with E-state index in [2.05, 4.69) is 10.3 Å². The van der Waals surface area contributed by atoms with E-state index in [-0.39, 0.29) is 11.9 Å². The minimum Gasteiger partial charge on any atom is -0.491 e. The zero-order chi connectivity index (χ0) is 12.4. The molecule has 0 aromatic carbocycles. The number of nitrogens with zero attached hydrogens (tertiary/aromatic N) is 1. The van der Waals surface area contributed by atoms with Crippen LogP contribution in [0.4, 0.5) is 0 Å². The first-order valence-electron chi connectivity index (χ1n) is 5.76. The van der Waals surface area contributed by atoms with Gasteiger partial charge in [0.2, 0.25) is 0 Å². The summed E-state index contributed by atoms with van der Waals surface area (Å²) >= 11 is 1.44. The van der Waals surface area contributed by atoms with E-state index < -0.39 is 0 Å². The van der Waals surface area contributed by atoms with Crippen molar-refractivity contribution in [2.24, 2.45) is 0 Å². The van der Waals surface area contributed by atoms with Gasteiger partial charge in [0, 0.05) is 12.6 Å². The lowest BCUT2D eigenvalue weighted by molar-refractivity contribution is 0.0927. The van der Waals surface area contributed by atoms with Gasteiger partial charge in [0.05, 0.1) is 17.5 Å². The molecule has 0 fully saturated rings. The van der Waals surface area contributed by atoms with E-state index in [0.717, 1.165) is 22.7 Å². The van der Waals surface area contributed by atoms with Crippen molar-refractivity contribution in [3.63, 3.8) is 0 Å². The topological polar surface area (TPSA) is 51.2 Å². The van der Waals surface area contributed by atoms with Gasteiger partial charge in [-0.3, -0.25) is 9.78 Å². The monoisotopic (exact) mass is 260 g/mol. The quantitative estimate of drug-likeness (QED) is 0.902. The molecule has 4 nitrogen and oxygen atoms in total. The van der Waals surface area contributed by atoms with Gasteiger partial charge >= 0.3 is 0 Å². The van der Waals surface area contributed by atoms with Gasteiger partial charge in [0.15, 0.2) is 0 Å². The van der Waals surface area contributed by atoms with Gasteiger partial charge in [-0.25, -0.2) is 0 Å². The summed E-state index contributed by atoms with van der Waals surface area (Å²) in [5, 5.41) is 4.90. The van der Waals surface area contributed by atoms with Crippen molar-refractivity contribution < 1.29 is 9.53 Å². The van der Waals surface area contributed by atoms with Crippen molar-refractivity contribution in [2.75, 3.05) is 6.61 Å². The average molecular weight is 260 g/mol. The highest BCUT2D eigenvalue weighted by molar-refractivity contribution is 7.12. The first-order valence-corrected chi connectivity index (χ1v) is 6.64. The smallest absolute Gasteiger partial charge is 0.261 e. The third kappa shape index (κ3) is 2.09. The van der Waals surface area contributed by atoms with Crippen LogP contribution in [-0.4, -0.2) is 17.5 Å². The largest absolute Gasteiger partial charge is 0.491 e. The van der Waals surface area contributed by atoms with Crippen LogP contribution in [0.1, 0.15) is 27.8 Å². The molecule has 3 rings (SSSR count). The summed E-state index contributed by atoms with van der Waals surface area (Å²) in [5.41, 5.74) is 0.814. The summed E-state index contributed by atoms with van der Waals surface area (Å²) < 4.78 is 5.51. The van der Waals surface area contributed by atoms with Crippen molar-refractivity contribution in [3.05, 3.63) is 46.4 Å². The van der Waals surface area contributed by atoms with E-state index in [1.165, 1.54) is 11.3 Å². The molecule has 1 N–H and O–H groups in total. The van der Waals surface area contributed by atoms with Gasteiger partial charge in [-0.2, -0.15) is 0 Å². The Balaban J connectivity index is 1.80. The third-order valence-electron chi connectivity index (χ3n) is 2.84. The molecule has 0 saturated carbocycles. The lowest BCUT2D eigenvalue weighted by atomic mass is 10.1. The second-order valence-corrected chi connectivity index (χ2v) is 4.97. The normalized spacial score (nSPS) is 17.7. The van der Waals surface area contributed by atoms with Crippen LogP contribution in [0, 0.1) is 0 Å². The van der Waals surface area contributed by atoms with Gasteiger partial charge in [-0.05, 0) is 23.6 Å². The maximum absolute atomic E-state index is 12.0. The highest BCUT2D eigenvalue weighted by Crippen LogP contribution is 2.29. The molecular weight excluding hydrogens is 248 g/mol. The highest BCUT2D eigenvalue weighted by Gasteiger charge is 2.24. The lowest BCUT2D eigenvalue weighted by Gasteiger charge is -2.25. The fraction of sp³-hybridized carbons (Fsp3) is 0.231. The Hall–Kier alpha value is -1.88. The van der Waals surface area contributed by atoms with Crippen LogP contribution in [0.15, 0.2) is 35.8 Å². The number of pyridine rings is 1. The molecule has 0 spiro atoms. The van der Waals surface area contributed by atoms with Gasteiger partial charge in [-0.15, -0.1) is 11.3 Å². The predicted molar refractivity (Wildman–Crippen MR) is 68.9 cm³/mol. The summed E-state index contributed by atoms with van der Waals surface area (Å²) in [5.74, 6) is 0.716. The maximum atomic E-state index is 12.0. The van der Waals surface area contributed by atoms with Crippen molar-refractivity contribution in [2.45, 2.75) is 12.5 Å². The van der Waals surface area contributed by atoms with Gasteiger partial charge < -0.3 is 10.1 Å². The Morgan fingerprint density at radius 1 is 1.44 bits per heavy atom. The number of thiophene rings is 1. The van der Waals surface area contributed by atoms with E-state index >= 15 is 0 Å². The minimum absolute atomic E-state index is 0.0477. The number of nitrogens with one attached hydrogen (secondary N) is 1. The van der Waals surface area contributed by atoms with Crippen LogP contribution < -0.4 is 10.1 Å². The van der Waals surface area contributed by atoms with Crippen LogP contribution in [0.2, 0.25) is 0 Å². The Morgan fingerprint density at radius 2 is 2.39 bits per heavy atom. The number of hydrogen-bond acceptors (Lipinski definition) is 4. The number of ether oxygens (including phenoxy) is 1. The standard InChI is InChI=1S/C13H12N2O2S/c16-13(11-4-2-8-18-11)15-9-5-7-17-10-3-1-6-14-12(9)10/h1-4,6,8-9H,5,7H2,(H,15,16). The number of carbonyl (C=O) groups excluding carboxylic acids is 1. The van der Waals surface area contributed by atoms with E-state index in [1.807, 2.05) is 29.6 Å². The molecule has 3 heterocycles. The van der Waals surface area contributed by atoms with Crippen LogP contribution in [0.25, 0.3) is 0 Å². The third-order valence-corrected chi connectivity index (χ3v) is 3.71. The maximum Gasteiger partial charge on any atom is 0.261 e. The molecule has 18 heavy (non-hydrogen) atoms. The Kier molecular flexibility index (Phi) is 2.98. The molecule has 0 saturated heterocycles. The zero-order valence-electron chi connectivity index (χ0n) is 9.63. The Labute approximate surface area is 109 Å². The molecule has 0 aliphatic carbocycles. The molecule has 0 radical (unpaired) electrons. The van der Waals surface area contributed by atoms with Crippen LogP contribution in [0.3, 0.4) is 0 Å². The molecule has 1 aliphatic rings. The molecule has 2 aromatic heterocycles. The second kappa shape index (κ2) is 4.78. The van der Waals surface area contributed by atoms with Gasteiger partial charge in [0.25, 0.3) is 5.91 Å². The molecule has 5 heteroatoms. The van der Waals surface area contributed by atoms with Crippen molar-refractivity contribution in [3.8, 4) is 5.75 Å². The number of hydrogen-bond donors (Lipinski definition) is 1. The van der Waals surface area contributed by atoms with E-state index in [0.29, 0.717) is 6.61 Å². The molecular formula is C13H12N2O2S. The second-order valence-electron chi connectivity index (χ2n) is 4.03. The van der Waals surface area contributed by atoms with Crippen LogP contribution in [0.5, 0.6) is 5.75 Å². The van der Waals surface area contributed by atoms with Crippen LogP contribution in [-0.2, 0) is 0 Å². The molecule has 1 atom stereocenters. The van der Waals surface area contributed by atoms with E-state index in [1.54, 1.807) is 6.20 Å². The van der Waals surface area contributed by atoms with Gasteiger partial charge in [-0.1, -0.05) is 6.07 Å². The molecule has 1 amide bonds. The van der Waals surface area contributed by atoms with E-state index in [9.17, 15) is 4.79 Å². The first kappa shape index (κ1) is 11.2. The highest BCUT2D eigenvalue weighted by atomic mass is 32.1. The Morgan fingerprint density at radius 3 is 3.22 bits per heavy atom. The predicted octanol–water partition coefficient (Wildman–Crippen LogP) is 2.40. The fourth-order valence-electron chi connectivity index (χ4n) is 1.99. The molecule has 1 aliphatic heterocycles. The molecule has 1 unspecified atom stereocenters. The van der Waals surface area contributed by atoms with Crippen molar-refractivity contribution in [1.82, 2.24) is 10.3 Å². The summed E-state index contributed by atoms with van der Waals surface area (Å²) in [6, 6.07) is 7.34. The van der Waals surface area contributed by atoms with E-state index in [4.69, 9.17) is 4.74 Å². The van der Waals surface area contributed by atoms with Crippen LogP contribution >= 0.6 is 11.3 Å². The molecule has 2 aromatic rings. The fourth-order valence-corrected chi connectivity index (χ4v) is 2.61. The number of amides is 1. The first-order chi connectivity index (χ1) is 8.84. The minimum atomic E-state index is -0.0652. The number of fused-ring (bicyclic) bond motifs is 1. The zero-order valence-corrected chi connectivity index (χ0v) is 10.4. The van der Waals surface area contributed by atoms with Crippen molar-refractivity contribution in [1.29, 1.82) is 0 Å². The summed E-state index contributed by atoms with van der Waals surface area (Å²) in [6.45, 7) is 0.605. The summed E-state index contributed by atoms with van der Waals surface area (Å²) in [6.07, 6.45) is 2.47. The summed E-state index contributed by atoms with van der Waals surface area (Å²) in [7, 11) is 0. The lowest BCUT2D eigenvalue weighted by Crippen LogP contribution is -2.32. The SMILES string of the molecule is O=C(NC1CCOc2cccnc21)c1cccs1. The number of carbonyl (C=O) groups is 1.